The van der Waals surface area contributed by atoms with Crippen LogP contribution in [0.5, 0.6) is 0 Å². The first-order chi connectivity index (χ1) is 7.20. The monoisotopic (exact) mass is 253 g/mol. The molecule has 16 heavy (non-hydrogen) atoms. The molecule has 3 N–H and O–H groups in total. The van der Waals surface area contributed by atoms with E-state index in [1.807, 2.05) is 0 Å². The van der Waals surface area contributed by atoms with Crippen molar-refractivity contribution in [2.75, 3.05) is 18.1 Å². The maximum absolute atomic E-state index is 11.4. The van der Waals surface area contributed by atoms with E-state index in [2.05, 4.69) is 4.98 Å². The number of aromatic nitrogens is 2. The molecule has 0 saturated carbocycles. The third kappa shape index (κ3) is 2.99. The van der Waals surface area contributed by atoms with Gasteiger partial charge in [0.1, 0.15) is 17.5 Å². The van der Waals surface area contributed by atoms with Crippen molar-refractivity contribution in [3.63, 3.8) is 0 Å². The zero-order valence-corrected chi connectivity index (χ0v) is 8.68. The van der Waals surface area contributed by atoms with E-state index in [1.54, 1.807) is 12.3 Å². The summed E-state index contributed by atoms with van der Waals surface area (Å²) in [6, 6.07) is 1.54. The maximum atomic E-state index is 11.4. The number of nitrogens with two attached hydrogens (primary N) is 1. The van der Waals surface area contributed by atoms with E-state index < -0.39 is 5.69 Å². The van der Waals surface area contributed by atoms with Crippen LogP contribution in [-0.4, -0.2) is 62.0 Å². The summed E-state index contributed by atoms with van der Waals surface area (Å²) in [6.07, 6.45) is 1.18. The number of anilines is 1. The van der Waals surface area contributed by atoms with Gasteiger partial charge >= 0.3 is 35.2 Å². The van der Waals surface area contributed by atoms with Gasteiger partial charge in [-0.3, -0.25) is 4.57 Å². The summed E-state index contributed by atoms with van der Waals surface area (Å²) in [5, 5.41) is 8.88. The van der Waals surface area contributed by atoms with E-state index in [0.717, 1.165) is 0 Å². The van der Waals surface area contributed by atoms with Crippen LogP contribution in [0.15, 0.2) is 17.1 Å². The van der Waals surface area contributed by atoms with Crippen molar-refractivity contribution in [3.8, 4) is 0 Å². The van der Waals surface area contributed by atoms with Crippen molar-refractivity contribution < 1.29 is 9.84 Å². The zero-order valence-electron chi connectivity index (χ0n) is 7.87. The SMILES string of the molecule is Nc1ccn([C@@H]2CS[C@H](CO)O2)c(=O)n1.[NaH]. The molecule has 2 atom stereocenters. The van der Waals surface area contributed by atoms with Gasteiger partial charge in [-0.25, -0.2) is 4.79 Å². The molecular formula is C8H12N3NaO3S. The molecule has 1 saturated heterocycles. The molecule has 1 aromatic heterocycles. The molecule has 0 radical (unpaired) electrons. The van der Waals surface area contributed by atoms with Crippen LogP contribution in [0, 0.1) is 0 Å². The first kappa shape index (κ1) is 14.0. The van der Waals surface area contributed by atoms with Crippen molar-refractivity contribution in [1.82, 2.24) is 9.55 Å². The summed E-state index contributed by atoms with van der Waals surface area (Å²) in [7, 11) is 0. The third-order valence-corrected chi connectivity index (χ3v) is 3.15. The molecule has 0 bridgehead atoms. The molecule has 0 spiro atoms. The van der Waals surface area contributed by atoms with Crippen molar-refractivity contribution in [2.24, 2.45) is 0 Å². The van der Waals surface area contributed by atoms with Gasteiger partial charge in [-0.05, 0) is 6.07 Å². The van der Waals surface area contributed by atoms with Crippen LogP contribution >= 0.6 is 11.8 Å². The first-order valence-electron chi connectivity index (χ1n) is 4.43. The van der Waals surface area contributed by atoms with E-state index in [0.29, 0.717) is 5.75 Å². The molecule has 1 aliphatic heterocycles. The molecule has 0 aliphatic carbocycles. The quantitative estimate of drug-likeness (QED) is 0.641. The second-order valence-corrected chi connectivity index (χ2v) is 4.27. The molecule has 2 rings (SSSR count). The van der Waals surface area contributed by atoms with Gasteiger partial charge in [0.05, 0.1) is 6.61 Å². The third-order valence-electron chi connectivity index (χ3n) is 2.04. The molecule has 6 nitrogen and oxygen atoms in total. The van der Waals surface area contributed by atoms with Crippen LogP contribution in [0.3, 0.4) is 0 Å². The molecule has 8 heteroatoms. The molecule has 0 unspecified atom stereocenters. The summed E-state index contributed by atoms with van der Waals surface area (Å²) >= 11 is 1.47. The molecule has 84 valence electrons. The number of hydrogen-bond acceptors (Lipinski definition) is 6. The molecule has 2 heterocycles. The van der Waals surface area contributed by atoms with Gasteiger partial charge in [0.15, 0.2) is 0 Å². The van der Waals surface area contributed by atoms with Gasteiger partial charge in [0, 0.05) is 11.9 Å². The second-order valence-electron chi connectivity index (χ2n) is 3.08. The number of ether oxygens (including phenoxy) is 1. The van der Waals surface area contributed by atoms with Gasteiger partial charge in [0.25, 0.3) is 0 Å². The van der Waals surface area contributed by atoms with Crippen LogP contribution in [0.4, 0.5) is 5.82 Å². The van der Waals surface area contributed by atoms with Gasteiger partial charge in [0.2, 0.25) is 0 Å². The second kappa shape index (κ2) is 6.04. The van der Waals surface area contributed by atoms with E-state index >= 15 is 0 Å². The number of aliphatic hydroxyl groups is 1. The summed E-state index contributed by atoms with van der Waals surface area (Å²) < 4.78 is 6.79. The van der Waals surface area contributed by atoms with E-state index in [-0.39, 0.29) is 53.6 Å². The normalized spacial score (nSPS) is 24.1. The Morgan fingerprint density at radius 3 is 3.06 bits per heavy atom. The Morgan fingerprint density at radius 1 is 1.75 bits per heavy atom. The van der Waals surface area contributed by atoms with Crippen LogP contribution < -0.4 is 11.4 Å². The Balaban J connectivity index is 0.00000128. The molecule has 1 aliphatic rings. The summed E-state index contributed by atoms with van der Waals surface area (Å²) in [4.78, 5) is 15.0. The molecular weight excluding hydrogens is 241 g/mol. The molecule has 0 amide bonds. The summed E-state index contributed by atoms with van der Waals surface area (Å²) in [6.45, 7) is -0.0572. The fourth-order valence-electron chi connectivity index (χ4n) is 1.33. The predicted octanol–water partition coefficient (Wildman–Crippen LogP) is -1.24. The fourth-order valence-corrected chi connectivity index (χ4v) is 2.26. The van der Waals surface area contributed by atoms with Crippen LogP contribution in [-0.2, 0) is 4.74 Å². The van der Waals surface area contributed by atoms with Gasteiger partial charge in [-0.1, -0.05) is 0 Å². The molecule has 1 aromatic rings. The molecule has 1 fully saturated rings. The van der Waals surface area contributed by atoms with Crippen LogP contribution in [0.2, 0.25) is 0 Å². The van der Waals surface area contributed by atoms with Crippen LogP contribution in [0.25, 0.3) is 0 Å². The van der Waals surface area contributed by atoms with Gasteiger partial charge in [-0.2, -0.15) is 4.98 Å². The number of rotatable bonds is 2. The van der Waals surface area contributed by atoms with Gasteiger partial charge < -0.3 is 15.6 Å². The Hall–Kier alpha value is -0.0500. The van der Waals surface area contributed by atoms with Gasteiger partial charge in [-0.15, -0.1) is 11.8 Å². The standard InChI is InChI=1S/C8H11N3O3S.Na.H/c9-5-1-2-11(8(13)10-5)6-4-15-7(3-12)14-6;;/h1-2,6-7,12H,3-4H2,(H2,9,10,13);;/t6-,7+;;/m0../s1. The van der Waals surface area contributed by atoms with Crippen LogP contribution in [0.1, 0.15) is 6.23 Å². The van der Waals surface area contributed by atoms with Crippen molar-refractivity contribution in [1.29, 1.82) is 0 Å². The van der Waals surface area contributed by atoms with E-state index in [9.17, 15) is 4.79 Å². The minimum absolute atomic E-state index is 0. The van der Waals surface area contributed by atoms with Crippen molar-refractivity contribution in [3.05, 3.63) is 22.7 Å². The average molecular weight is 253 g/mol. The summed E-state index contributed by atoms with van der Waals surface area (Å²) in [5.74, 6) is 0.817. The number of thioether (sulfide) groups is 1. The number of hydrogen-bond donors (Lipinski definition) is 2. The molecule has 0 aromatic carbocycles. The zero-order chi connectivity index (χ0) is 10.8. The number of nitrogen functional groups attached to an aromatic ring is 1. The Morgan fingerprint density at radius 2 is 2.50 bits per heavy atom. The van der Waals surface area contributed by atoms with E-state index in [4.69, 9.17) is 15.6 Å². The summed E-state index contributed by atoms with van der Waals surface area (Å²) in [5.41, 5.74) is 4.67. The first-order valence-corrected chi connectivity index (χ1v) is 5.48. The predicted molar refractivity (Wildman–Crippen MR) is 63.5 cm³/mol. The number of aliphatic hydroxyl groups excluding tert-OH is 1. The Bertz CT molecular complexity index is 414. The van der Waals surface area contributed by atoms with Crippen molar-refractivity contribution in [2.45, 2.75) is 11.7 Å². The fraction of sp³-hybridized carbons (Fsp3) is 0.500. The topological polar surface area (TPSA) is 90.4 Å². The minimum atomic E-state index is -0.431. The Labute approximate surface area is 118 Å². The number of nitrogens with zero attached hydrogens (tertiary/aromatic N) is 2. The van der Waals surface area contributed by atoms with E-state index in [1.165, 1.54) is 16.3 Å². The average Bonchev–Trinajstić information content (AvgIpc) is 2.66. The van der Waals surface area contributed by atoms with Crippen molar-refractivity contribution >= 4 is 47.1 Å². The Kier molecular flexibility index (Phi) is 5.29.